The third-order valence-corrected chi connectivity index (χ3v) is 6.25. The van der Waals surface area contributed by atoms with Crippen LogP contribution in [0.25, 0.3) is 0 Å². The predicted octanol–water partition coefficient (Wildman–Crippen LogP) is 5.57. The van der Waals surface area contributed by atoms with Crippen molar-refractivity contribution in [1.82, 2.24) is 0 Å². The van der Waals surface area contributed by atoms with Crippen molar-refractivity contribution < 1.29 is 0 Å². The van der Waals surface area contributed by atoms with Crippen molar-refractivity contribution in [2.45, 2.75) is 37.5 Å². The Morgan fingerprint density at radius 3 is 1.63 bits per heavy atom. The lowest BCUT2D eigenvalue weighted by atomic mass is 9.62. The van der Waals surface area contributed by atoms with E-state index in [4.69, 9.17) is 11.5 Å². The fourth-order valence-corrected chi connectivity index (χ4v) is 4.67. The molecule has 3 aromatic carbocycles. The number of rotatable bonds is 4. The summed E-state index contributed by atoms with van der Waals surface area (Å²) in [5.41, 5.74) is 17.8. The topological polar surface area (TPSA) is 52.0 Å². The summed E-state index contributed by atoms with van der Waals surface area (Å²) in [7, 11) is 0. The van der Waals surface area contributed by atoms with Gasteiger partial charge in [0, 0.05) is 16.8 Å². The molecule has 138 valence electrons. The standard InChI is InChI=1S/C25H28N2/c26-23-10-6-21(7-11-23)25(22-8-12-24(27)13-9-22)16-14-20(15-17-25)18-19-4-2-1-3-5-19/h1-13,20H,14-18,26-27H2. The molecule has 1 fully saturated rings. The predicted molar refractivity (Wildman–Crippen MR) is 115 cm³/mol. The van der Waals surface area contributed by atoms with E-state index in [1.54, 1.807) is 0 Å². The van der Waals surface area contributed by atoms with Gasteiger partial charge in [0.05, 0.1) is 0 Å². The lowest BCUT2D eigenvalue weighted by molar-refractivity contribution is 0.264. The molecule has 2 nitrogen and oxygen atoms in total. The molecule has 1 aliphatic rings. The van der Waals surface area contributed by atoms with Gasteiger partial charge in [-0.05, 0) is 79.0 Å². The third kappa shape index (κ3) is 3.71. The van der Waals surface area contributed by atoms with Gasteiger partial charge in [-0.25, -0.2) is 0 Å². The minimum Gasteiger partial charge on any atom is -0.399 e. The van der Waals surface area contributed by atoms with E-state index in [0.717, 1.165) is 17.3 Å². The van der Waals surface area contributed by atoms with Crippen molar-refractivity contribution in [3.05, 3.63) is 95.6 Å². The molecule has 0 heterocycles. The molecule has 0 aliphatic heterocycles. The van der Waals surface area contributed by atoms with Gasteiger partial charge in [-0.15, -0.1) is 0 Å². The molecule has 0 bridgehead atoms. The van der Waals surface area contributed by atoms with Crippen molar-refractivity contribution in [3.8, 4) is 0 Å². The van der Waals surface area contributed by atoms with Crippen LogP contribution in [-0.2, 0) is 11.8 Å². The lowest BCUT2D eigenvalue weighted by Crippen LogP contribution is -2.33. The molecule has 4 rings (SSSR count). The normalized spacial score (nSPS) is 16.9. The quantitative estimate of drug-likeness (QED) is 0.600. The van der Waals surface area contributed by atoms with Gasteiger partial charge in [0.25, 0.3) is 0 Å². The van der Waals surface area contributed by atoms with Crippen molar-refractivity contribution in [2.24, 2.45) is 5.92 Å². The minimum absolute atomic E-state index is 0.0641. The first-order chi connectivity index (χ1) is 13.2. The van der Waals surface area contributed by atoms with Crippen LogP contribution in [0.4, 0.5) is 11.4 Å². The number of anilines is 2. The first-order valence-electron chi connectivity index (χ1n) is 9.92. The van der Waals surface area contributed by atoms with Crippen LogP contribution in [0.5, 0.6) is 0 Å². The molecular weight excluding hydrogens is 328 g/mol. The van der Waals surface area contributed by atoms with E-state index in [2.05, 4.69) is 54.6 Å². The van der Waals surface area contributed by atoms with E-state index in [0.29, 0.717) is 0 Å². The molecule has 3 aromatic rings. The molecule has 1 aliphatic carbocycles. The van der Waals surface area contributed by atoms with Gasteiger partial charge in [-0.3, -0.25) is 0 Å². The molecule has 4 N–H and O–H groups in total. The maximum Gasteiger partial charge on any atom is 0.0314 e. The second-order valence-electron chi connectivity index (χ2n) is 7.96. The summed E-state index contributed by atoms with van der Waals surface area (Å²) < 4.78 is 0. The van der Waals surface area contributed by atoms with Crippen molar-refractivity contribution in [1.29, 1.82) is 0 Å². The Balaban J connectivity index is 1.60. The number of nitrogen functional groups attached to an aromatic ring is 2. The molecule has 0 atom stereocenters. The maximum absolute atomic E-state index is 5.95. The Bertz CT molecular complexity index is 811. The van der Waals surface area contributed by atoms with Crippen LogP contribution >= 0.6 is 0 Å². The van der Waals surface area contributed by atoms with E-state index in [9.17, 15) is 0 Å². The molecule has 0 saturated heterocycles. The molecule has 1 saturated carbocycles. The average Bonchev–Trinajstić information content (AvgIpc) is 2.71. The van der Waals surface area contributed by atoms with E-state index < -0.39 is 0 Å². The first-order valence-corrected chi connectivity index (χ1v) is 9.92. The Morgan fingerprint density at radius 1 is 0.667 bits per heavy atom. The summed E-state index contributed by atoms with van der Waals surface area (Å²) in [6, 6.07) is 27.9. The molecule has 0 spiro atoms. The van der Waals surface area contributed by atoms with E-state index in [1.807, 2.05) is 24.3 Å². The van der Waals surface area contributed by atoms with Gasteiger partial charge >= 0.3 is 0 Å². The van der Waals surface area contributed by atoms with Gasteiger partial charge in [-0.1, -0.05) is 54.6 Å². The first kappa shape index (κ1) is 17.7. The Morgan fingerprint density at radius 2 is 1.15 bits per heavy atom. The maximum atomic E-state index is 5.95. The summed E-state index contributed by atoms with van der Waals surface area (Å²) in [4.78, 5) is 0. The molecule has 0 radical (unpaired) electrons. The third-order valence-electron chi connectivity index (χ3n) is 6.25. The number of hydrogen-bond donors (Lipinski definition) is 2. The van der Waals surface area contributed by atoms with Gasteiger partial charge in [0.15, 0.2) is 0 Å². The fraction of sp³-hybridized carbons (Fsp3) is 0.280. The molecule has 0 amide bonds. The number of hydrogen-bond acceptors (Lipinski definition) is 2. The van der Waals surface area contributed by atoms with Gasteiger partial charge in [0.2, 0.25) is 0 Å². The van der Waals surface area contributed by atoms with Crippen LogP contribution in [0, 0.1) is 5.92 Å². The summed E-state index contributed by atoms with van der Waals surface area (Å²) in [5.74, 6) is 0.753. The summed E-state index contributed by atoms with van der Waals surface area (Å²) in [5, 5.41) is 0. The van der Waals surface area contributed by atoms with E-state index in [-0.39, 0.29) is 5.41 Å². The average molecular weight is 357 g/mol. The van der Waals surface area contributed by atoms with Crippen LogP contribution < -0.4 is 11.5 Å². The second-order valence-corrected chi connectivity index (χ2v) is 7.96. The van der Waals surface area contributed by atoms with Crippen LogP contribution in [-0.4, -0.2) is 0 Å². The SMILES string of the molecule is Nc1ccc(C2(c3ccc(N)cc3)CCC(Cc3ccccc3)CC2)cc1. The largest absolute Gasteiger partial charge is 0.399 e. The lowest BCUT2D eigenvalue weighted by Gasteiger charge is -2.41. The Labute approximate surface area is 162 Å². The van der Waals surface area contributed by atoms with Crippen LogP contribution in [0.1, 0.15) is 42.4 Å². The summed E-state index contributed by atoms with van der Waals surface area (Å²) in [6.07, 6.45) is 5.99. The zero-order valence-corrected chi connectivity index (χ0v) is 15.8. The van der Waals surface area contributed by atoms with E-state index >= 15 is 0 Å². The van der Waals surface area contributed by atoms with Crippen molar-refractivity contribution in [3.63, 3.8) is 0 Å². The second kappa shape index (κ2) is 7.48. The van der Waals surface area contributed by atoms with Gasteiger partial charge in [0.1, 0.15) is 0 Å². The highest BCUT2D eigenvalue weighted by Gasteiger charge is 2.38. The van der Waals surface area contributed by atoms with Crippen LogP contribution in [0.2, 0.25) is 0 Å². The summed E-state index contributed by atoms with van der Waals surface area (Å²) in [6.45, 7) is 0. The monoisotopic (exact) mass is 356 g/mol. The zero-order chi connectivity index (χ0) is 18.7. The van der Waals surface area contributed by atoms with E-state index in [1.165, 1.54) is 48.8 Å². The smallest absolute Gasteiger partial charge is 0.0314 e. The molecule has 0 aromatic heterocycles. The summed E-state index contributed by atoms with van der Waals surface area (Å²) >= 11 is 0. The van der Waals surface area contributed by atoms with Gasteiger partial charge in [-0.2, -0.15) is 0 Å². The van der Waals surface area contributed by atoms with Crippen molar-refractivity contribution in [2.75, 3.05) is 11.5 Å². The molecular formula is C25H28N2. The highest BCUT2D eigenvalue weighted by molar-refractivity contribution is 5.49. The van der Waals surface area contributed by atoms with Crippen LogP contribution in [0.3, 0.4) is 0 Å². The number of nitrogens with two attached hydrogens (primary N) is 2. The molecule has 27 heavy (non-hydrogen) atoms. The van der Waals surface area contributed by atoms with Crippen LogP contribution in [0.15, 0.2) is 78.9 Å². The molecule has 2 heteroatoms. The highest BCUT2D eigenvalue weighted by atomic mass is 14.5. The van der Waals surface area contributed by atoms with Gasteiger partial charge < -0.3 is 11.5 Å². The number of benzene rings is 3. The molecule has 0 unspecified atom stereocenters. The zero-order valence-electron chi connectivity index (χ0n) is 15.8. The van der Waals surface area contributed by atoms with Crippen molar-refractivity contribution >= 4 is 11.4 Å². The fourth-order valence-electron chi connectivity index (χ4n) is 4.67. The highest BCUT2D eigenvalue weighted by Crippen LogP contribution is 2.47. The Hall–Kier alpha value is -2.74. The Kier molecular flexibility index (Phi) is 4.89. The minimum atomic E-state index is 0.0641.